The van der Waals surface area contributed by atoms with Crippen LogP contribution in [0.4, 0.5) is 10.2 Å². The van der Waals surface area contributed by atoms with Crippen LogP contribution in [-0.4, -0.2) is 32.1 Å². The van der Waals surface area contributed by atoms with E-state index >= 15 is 0 Å². The van der Waals surface area contributed by atoms with Crippen molar-refractivity contribution in [3.63, 3.8) is 0 Å². The molecule has 0 fully saturated rings. The summed E-state index contributed by atoms with van der Waals surface area (Å²) in [6.07, 6.45) is 1.45. The molecule has 2 aromatic carbocycles. The Morgan fingerprint density at radius 1 is 1.07 bits per heavy atom. The smallest absolute Gasteiger partial charge is 0.183 e. The van der Waals surface area contributed by atoms with Crippen LogP contribution in [0.5, 0.6) is 0 Å². The standard InChI is InChI=1S/C20H18FN5O/c1-26(10-15-4-2-3-5-16(15)21)20-17-19(22-12-23-20)25-18(24-17)14-8-6-13(11-27)7-9-14/h2-9,12,27H,10-11H2,1H3,(H,22,23,24,25). The van der Waals surface area contributed by atoms with Crippen LogP contribution in [0.15, 0.2) is 54.9 Å². The minimum atomic E-state index is -0.246. The molecular formula is C20H18FN5O. The molecule has 136 valence electrons. The van der Waals surface area contributed by atoms with Gasteiger partial charge in [-0.2, -0.15) is 0 Å². The second-order valence-corrected chi connectivity index (χ2v) is 6.28. The number of nitrogens with one attached hydrogen (secondary N) is 1. The predicted octanol–water partition coefficient (Wildman–Crippen LogP) is 3.29. The molecule has 7 heteroatoms. The molecule has 4 aromatic rings. The first-order valence-electron chi connectivity index (χ1n) is 8.51. The van der Waals surface area contributed by atoms with Gasteiger partial charge in [-0.1, -0.05) is 42.5 Å². The van der Waals surface area contributed by atoms with Gasteiger partial charge in [0.25, 0.3) is 0 Å². The van der Waals surface area contributed by atoms with E-state index in [1.807, 2.05) is 42.3 Å². The Balaban J connectivity index is 1.69. The van der Waals surface area contributed by atoms with Crippen LogP contribution in [0, 0.1) is 5.82 Å². The minimum absolute atomic E-state index is 0.00310. The summed E-state index contributed by atoms with van der Waals surface area (Å²) in [6, 6.07) is 14.2. The van der Waals surface area contributed by atoms with Gasteiger partial charge < -0.3 is 15.0 Å². The van der Waals surface area contributed by atoms with Crippen molar-refractivity contribution in [3.8, 4) is 11.4 Å². The van der Waals surface area contributed by atoms with Crippen molar-refractivity contribution in [2.24, 2.45) is 0 Å². The van der Waals surface area contributed by atoms with Crippen LogP contribution >= 0.6 is 0 Å². The quantitative estimate of drug-likeness (QED) is 0.569. The summed E-state index contributed by atoms with van der Waals surface area (Å²) in [5, 5.41) is 9.18. The Bertz CT molecular complexity index is 1080. The second kappa shape index (κ2) is 7.13. The molecule has 4 rings (SSSR count). The van der Waals surface area contributed by atoms with E-state index in [9.17, 15) is 9.50 Å². The normalized spacial score (nSPS) is 11.1. The van der Waals surface area contributed by atoms with Crippen LogP contribution in [0.25, 0.3) is 22.6 Å². The number of fused-ring (bicyclic) bond motifs is 1. The van der Waals surface area contributed by atoms with E-state index in [0.717, 1.165) is 11.1 Å². The average Bonchev–Trinajstić information content (AvgIpc) is 3.14. The zero-order valence-corrected chi connectivity index (χ0v) is 14.7. The van der Waals surface area contributed by atoms with Gasteiger partial charge in [-0.3, -0.25) is 0 Å². The van der Waals surface area contributed by atoms with Crippen molar-refractivity contribution in [1.29, 1.82) is 0 Å². The van der Waals surface area contributed by atoms with Gasteiger partial charge in [0.1, 0.15) is 23.5 Å². The summed E-state index contributed by atoms with van der Waals surface area (Å²) >= 11 is 0. The molecule has 0 bridgehead atoms. The molecule has 0 unspecified atom stereocenters. The predicted molar refractivity (Wildman–Crippen MR) is 102 cm³/mol. The summed E-state index contributed by atoms with van der Waals surface area (Å²) in [5.41, 5.74) is 3.54. The van der Waals surface area contributed by atoms with Gasteiger partial charge in [-0.05, 0) is 11.6 Å². The van der Waals surface area contributed by atoms with E-state index in [1.165, 1.54) is 12.4 Å². The number of aromatic nitrogens is 4. The lowest BCUT2D eigenvalue weighted by Crippen LogP contribution is -2.19. The molecular weight excluding hydrogens is 345 g/mol. The lowest BCUT2D eigenvalue weighted by atomic mass is 10.1. The number of benzene rings is 2. The van der Waals surface area contributed by atoms with Gasteiger partial charge in [-0.25, -0.2) is 19.3 Å². The van der Waals surface area contributed by atoms with E-state index in [1.54, 1.807) is 12.1 Å². The first kappa shape index (κ1) is 17.1. The molecule has 6 nitrogen and oxygen atoms in total. The molecule has 2 aromatic heterocycles. The highest BCUT2D eigenvalue weighted by molar-refractivity contribution is 5.85. The van der Waals surface area contributed by atoms with Crippen molar-refractivity contribution in [3.05, 3.63) is 71.8 Å². The van der Waals surface area contributed by atoms with Crippen molar-refractivity contribution >= 4 is 17.0 Å². The molecule has 0 aliphatic carbocycles. The van der Waals surface area contributed by atoms with E-state index in [0.29, 0.717) is 34.9 Å². The van der Waals surface area contributed by atoms with Gasteiger partial charge >= 0.3 is 0 Å². The Morgan fingerprint density at radius 3 is 2.59 bits per heavy atom. The van der Waals surface area contributed by atoms with Crippen molar-refractivity contribution < 1.29 is 9.50 Å². The van der Waals surface area contributed by atoms with E-state index < -0.39 is 0 Å². The van der Waals surface area contributed by atoms with E-state index in [2.05, 4.69) is 19.9 Å². The topological polar surface area (TPSA) is 77.9 Å². The summed E-state index contributed by atoms with van der Waals surface area (Å²) in [7, 11) is 1.85. The summed E-state index contributed by atoms with van der Waals surface area (Å²) in [6.45, 7) is 0.370. The molecule has 0 aliphatic rings. The van der Waals surface area contributed by atoms with E-state index in [-0.39, 0.29) is 12.4 Å². The van der Waals surface area contributed by atoms with Crippen molar-refractivity contribution in [2.75, 3.05) is 11.9 Å². The Labute approximate surface area is 155 Å². The number of halogens is 1. The van der Waals surface area contributed by atoms with Crippen molar-refractivity contribution in [1.82, 2.24) is 19.9 Å². The molecule has 2 N–H and O–H groups in total. The van der Waals surface area contributed by atoms with Crippen molar-refractivity contribution in [2.45, 2.75) is 13.2 Å². The van der Waals surface area contributed by atoms with Crippen LogP contribution in [0.2, 0.25) is 0 Å². The minimum Gasteiger partial charge on any atom is -0.392 e. The number of H-pyrrole nitrogens is 1. The lowest BCUT2D eigenvalue weighted by molar-refractivity contribution is 0.282. The molecule has 0 radical (unpaired) electrons. The fourth-order valence-electron chi connectivity index (χ4n) is 2.97. The average molecular weight is 363 g/mol. The van der Waals surface area contributed by atoms with Crippen LogP contribution in [0.3, 0.4) is 0 Å². The Hall–Kier alpha value is -3.32. The third-order valence-corrected chi connectivity index (χ3v) is 4.41. The second-order valence-electron chi connectivity index (χ2n) is 6.28. The molecule has 0 aliphatic heterocycles. The first-order valence-corrected chi connectivity index (χ1v) is 8.51. The molecule has 0 saturated heterocycles. The monoisotopic (exact) mass is 363 g/mol. The maximum absolute atomic E-state index is 14.0. The fraction of sp³-hybridized carbons (Fsp3) is 0.150. The van der Waals surface area contributed by atoms with Crippen LogP contribution in [0.1, 0.15) is 11.1 Å². The van der Waals surface area contributed by atoms with Gasteiger partial charge in [0.05, 0.1) is 6.61 Å². The van der Waals surface area contributed by atoms with Crippen LogP contribution < -0.4 is 4.90 Å². The van der Waals surface area contributed by atoms with Crippen LogP contribution in [-0.2, 0) is 13.2 Å². The van der Waals surface area contributed by atoms with Gasteiger partial charge in [-0.15, -0.1) is 0 Å². The zero-order valence-electron chi connectivity index (χ0n) is 14.7. The fourth-order valence-corrected chi connectivity index (χ4v) is 2.97. The highest BCUT2D eigenvalue weighted by Crippen LogP contribution is 2.26. The van der Waals surface area contributed by atoms with Gasteiger partial charge in [0.15, 0.2) is 11.5 Å². The number of aromatic amines is 1. The zero-order chi connectivity index (χ0) is 18.8. The number of hydrogen-bond donors (Lipinski definition) is 2. The third-order valence-electron chi connectivity index (χ3n) is 4.41. The molecule has 0 saturated carbocycles. The first-order chi connectivity index (χ1) is 13.2. The summed E-state index contributed by atoms with van der Waals surface area (Å²) < 4.78 is 14.0. The van der Waals surface area contributed by atoms with Gasteiger partial charge in [0, 0.05) is 24.7 Å². The summed E-state index contributed by atoms with van der Waals surface area (Å²) in [5.74, 6) is 1.06. The molecule has 27 heavy (non-hydrogen) atoms. The number of anilines is 1. The highest BCUT2D eigenvalue weighted by Gasteiger charge is 2.15. The molecule has 0 atom stereocenters. The SMILES string of the molecule is CN(Cc1ccccc1F)c1ncnc2nc(-c3ccc(CO)cc3)[nH]c12. The number of nitrogens with zero attached hydrogens (tertiary/aromatic N) is 4. The summed E-state index contributed by atoms with van der Waals surface area (Å²) in [4.78, 5) is 18.3. The number of aliphatic hydroxyl groups is 1. The lowest BCUT2D eigenvalue weighted by Gasteiger charge is -2.18. The number of aliphatic hydroxyl groups excluding tert-OH is 1. The number of imidazole rings is 1. The maximum Gasteiger partial charge on any atom is 0.183 e. The molecule has 0 spiro atoms. The number of rotatable bonds is 5. The van der Waals surface area contributed by atoms with Gasteiger partial charge in [0.2, 0.25) is 0 Å². The Kier molecular flexibility index (Phi) is 4.52. The number of hydrogen-bond acceptors (Lipinski definition) is 5. The third kappa shape index (κ3) is 3.37. The molecule has 2 heterocycles. The Morgan fingerprint density at radius 2 is 1.85 bits per heavy atom. The maximum atomic E-state index is 14.0. The van der Waals surface area contributed by atoms with E-state index in [4.69, 9.17) is 0 Å². The highest BCUT2D eigenvalue weighted by atomic mass is 19.1. The molecule has 0 amide bonds. The largest absolute Gasteiger partial charge is 0.392 e.